The van der Waals surface area contributed by atoms with Crippen LogP contribution < -0.4 is 0 Å². The molecule has 3 atom stereocenters. The van der Waals surface area contributed by atoms with E-state index in [1.165, 1.54) is 12.8 Å². The molecule has 3 aliphatic rings. The highest BCUT2D eigenvalue weighted by molar-refractivity contribution is 5.00. The van der Waals surface area contributed by atoms with Crippen LogP contribution in [-0.4, -0.2) is 49.3 Å². The van der Waals surface area contributed by atoms with Crippen LogP contribution in [0.5, 0.6) is 0 Å². The average Bonchev–Trinajstić information content (AvgIpc) is 3.08. The second-order valence-corrected chi connectivity index (χ2v) is 6.51. The van der Waals surface area contributed by atoms with Gasteiger partial charge in [0.05, 0.1) is 23.9 Å². The molecule has 110 valence electrons. The predicted molar refractivity (Wildman–Crippen MR) is 71.1 cm³/mol. The molecule has 3 rings (SSSR count). The average molecular weight is 270 g/mol. The minimum Gasteiger partial charge on any atom is -0.390 e. The van der Waals surface area contributed by atoms with Gasteiger partial charge in [-0.25, -0.2) is 0 Å². The van der Waals surface area contributed by atoms with Crippen LogP contribution in [0.3, 0.4) is 0 Å². The maximum absolute atomic E-state index is 10.8. The summed E-state index contributed by atoms with van der Waals surface area (Å²) in [5.41, 5.74) is -0.430. The molecule has 0 aromatic carbocycles. The zero-order valence-corrected chi connectivity index (χ0v) is 11.9. The van der Waals surface area contributed by atoms with E-state index < -0.39 is 0 Å². The summed E-state index contributed by atoms with van der Waals surface area (Å²) >= 11 is 0. The van der Waals surface area contributed by atoms with Gasteiger partial charge in [0.25, 0.3) is 0 Å². The first-order valence-corrected chi connectivity index (χ1v) is 7.65. The van der Waals surface area contributed by atoms with Crippen LogP contribution in [0.1, 0.15) is 44.9 Å². The third-order valence-corrected chi connectivity index (χ3v) is 5.44. The van der Waals surface area contributed by atoms with Gasteiger partial charge >= 0.3 is 0 Å². The number of aliphatic hydroxyl groups is 1. The van der Waals surface area contributed by atoms with Crippen LogP contribution in [-0.2, 0) is 14.2 Å². The number of rotatable bonds is 3. The van der Waals surface area contributed by atoms with Crippen molar-refractivity contribution in [3.8, 4) is 0 Å². The Bertz CT molecular complexity index is 305. The number of hydrogen-bond acceptors (Lipinski definition) is 4. The van der Waals surface area contributed by atoms with Crippen LogP contribution in [0.2, 0.25) is 0 Å². The summed E-state index contributed by atoms with van der Waals surface area (Å²) in [4.78, 5) is 0. The molecule has 1 N–H and O–H groups in total. The quantitative estimate of drug-likeness (QED) is 0.851. The second-order valence-electron chi connectivity index (χ2n) is 6.51. The first-order chi connectivity index (χ1) is 9.20. The molecule has 4 nitrogen and oxygen atoms in total. The van der Waals surface area contributed by atoms with Gasteiger partial charge in [-0.05, 0) is 31.6 Å². The highest BCUT2D eigenvalue weighted by Gasteiger charge is 2.49. The predicted octanol–water partition coefficient (Wildman–Crippen LogP) is 1.89. The van der Waals surface area contributed by atoms with Crippen molar-refractivity contribution in [1.29, 1.82) is 0 Å². The first kappa shape index (κ1) is 13.8. The Hall–Kier alpha value is -0.160. The number of aliphatic hydroxyl groups excluding tert-OH is 1. The van der Waals surface area contributed by atoms with E-state index in [-0.39, 0.29) is 23.2 Å². The van der Waals surface area contributed by atoms with Crippen LogP contribution >= 0.6 is 0 Å². The van der Waals surface area contributed by atoms with Crippen LogP contribution in [0.4, 0.5) is 0 Å². The molecule has 2 aliphatic heterocycles. The zero-order valence-electron chi connectivity index (χ0n) is 11.9. The van der Waals surface area contributed by atoms with Crippen molar-refractivity contribution < 1.29 is 19.3 Å². The van der Waals surface area contributed by atoms with Crippen molar-refractivity contribution in [3.63, 3.8) is 0 Å². The van der Waals surface area contributed by atoms with Gasteiger partial charge in [-0.2, -0.15) is 0 Å². The number of hydrogen-bond donors (Lipinski definition) is 1. The Labute approximate surface area is 115 Å². The van der Waals surface area contributed by atoms with Crippen molar-refractivity contribution in [2.24, 2.45) is 5.92 Å². The molecular weight excluding hydrogens is 244 g/mol. The van der Waals surface area contributed by atoms with Gasteiger partial charge in [-0.15, -0.1) is 0 Å². The highest BCUT2D eigenvalue weighted by Crippen LogP contribution is 2.44. The van der Waals surface area contributed by atoms with E-state index in [4.69, 9.17) is 14.2 Å². The molecule has 0 aromatic heterocycles. The molecule has 1 saturated carbocycles. The summed E-state index contributed by atoms with van der Waals surface area (Å²) in [6.45, 7) is 2.22. The highest BCUT2D eigenvalue weighted by atomic mass is 16.6. The molecule has 0 aromatic rings. The standard InChI is InChI=1S/C15H26O4/c1-17-15(5-2-3-6-15)13(16)12-4-8-19-14(10-12)7-9-18-11-14/h12-13,16H,2-11H2,1H3. The Balaban J connectivity index is 1.70. The second kappa shape index (κ2) is 5.32. The molecular formula is C15H26O4. The third kappa shape index (κ3) is 2.44. The molecule has 0 amide bonds. The topological polar surface area (TPSA) is 47.9 Å². The summed E-state index contributed by atoms with van der Waals surface area (Å²) in [6, 6.07) is 0. The molecule has 3 fully saturated rings. The summed E-state index contributed by atoms with van der Waals surface area (Å²) < 4.78 is 17.2. The minimum atomic E-state index is -0.360. The lowest BCUT2D eigenvalue weighted by Gasteiger charge is -2.44. The molecule has 0 radical (unpaired) electrons. The van der Waals surface area contributed by atoms with Gasteiger partial charge in [0.15, 0.2) is 0 Å². The smallest absolute Gasteiger partial charge is 0.0940 e. The largest absolute Gasteiger partial charge is 0.390 e. The normalized spacial score (nSPS) is 39.8. The number of ether oxygens (including phenoxy) is 3. The van der Waals surface area contributed by atoms with E-state index >= 15 is 0 Å². The summed E-state index contributed by atoms with van der Waals surface area (Å²) in [7, 11) is 1.75. The summed E-state index contributed by atoms with van der Waals surface area (Å²) in [5, 5.41) is 10.8. The van der Waals surface area contributed by atoms with Crippen molar-refractivity contribution >= 4 is 0 Å². The van der Waals surface area contributed by atoms with E-state index in [1.54, 1.807) is 7.11 Å². The molecule has 19 heavy (non-hydrogen) atoms. The molecule has 4 heteroatoms. The van der Waals surface area contributed by atoms with E-state index in [0.29, 0.717) is 6.61 Å². The van der Waals surface area contributed by atoms with E-state index in [9.17, 15) is 5.11 Å². The first-order valence-electron chi connectivity index (χ1n) is 7.65. The fourth-order valence-corrected chi connectivity index (χ4v) is 4.22. The van der Waals surface area contributed by atoms with Gasteiger partial charge in [0.1, 0.15) is 0 Å². The van der Waals surface area contributed by atoms with Crippen LogP contribution in [0.25, 0.3) is 0 Å². The van der Waals surface area contributed by atoms with E-state index in [2.05, 4.69) is 0 Å². The SMILES string of the molecule is COC1(C(O)C2CCOC3(CCOC3)C2)CCCC1. The maximum Gasteiger partial charge on any atom is 0.0940 e. The Morgan fingerprint density at radius 3 is 2.63 bits per heavy atom. The van der Waals surface area contributed by atoms with Crippen molar-refractivity contribution in [3.05, 3.63) is 0 Å². The van der Waals surface area contributed by atoms with Crippen molar-refractivity contribution in [2.75, 3.05) is 26.9 Å². The molecule has 2 heterocycles. The van der Waals surface area contributed by atoms with Gasteiger partial charge in [-0.1, -0.05) is 12.8 Å². The van der Waals surface area contributed by atoms with Gasteiger partial charge in [-0.3, -0.25) is 0 Å². The van der Waals surface area contributed by atoms with Gasteiger partial charge < -0.3 is 19.3 Å². The van der Waals surface area contributed by atoms with Gasteiger partial charge in [0.2, 0.25) is 0 Å². The summed E-state index contributed by atoms with van der Waals surface area (Å²) in [5.74, 6) is 0.286. The monoisotopic (exact) mass is 270 g/mol. The molecule has 1 aliphatic carbocycles. The van der Waals surface area contributed by atoms with Crippen molar-refractivity contribution in [2.45, 2.75) is 62.3 Å². The lowest BCUT2D eigenvalue weighted by molar-refractivity contribution is -0.165. The van der Waals surface area contributed by atoms with Crippen LogP contribution in [0.15, 0.2) is 0 Å². The third-order valence-electron chi connectivity index (χ3n) is 5.44. The Morgan fingerprint density at radius 1 is 1.21 bits per heavy atom. The number of methoxy groups -OCH3 is 1. The van der Waals surface area contributed by atoms with Crippen LogP contribution in [0, 0.1) is 5.92 Å². The maximum atomic E-state index is 10.8. The van der Waals surface area contributed by atoms with E-state index in [1.807, 2.05) is 0 Å². The summed E-state index contributed by atoms with van der Waals surface area (Å²) in [6.07, 6.45) is 6.78. The van der Waals surface area contributed by atoms with Crippen molar-refractivity contribution in [1.82, 2.24) is 0 Å². The lowest BCUT2D eigenvalue weighted by Crippen LogP contribution is -2.51. The Kier molecular flexibility index (Phi) is 3.87. The fraction of sp³-hybridized carbons (Fsp3) is 1.00. The molecule has 0 bridgehead atoms. The van der Waals surface area contributed by atoms with E-state index in [0.717, 1.165) is 45.3 Å². The van der Waals surface area contributed by atoms with Gasteiger partial charge in [0, 0.05) is 26.7 Å². The molecule has 3 unspecified atom stereocenters. The molecule has 2 saturated heterocycles. The lowest BCUT2D eigenvalue weighted by atomic mass is 9.76. The fourth-order valence-electron chi connectivity index (χ4n) is 4.22. The zero-order chi connectivity index (χ0) is 13.3. The molecule has 1 spiro atoms. The minimum absolute atomic E-state index is 0.128. The Morgan fingerprint density at radius 2 is 2.00 bits per heavy atom.